The second kappa shape index (κ2) is 9.60. The third-order valence-electron chi connectivity index (χ3n) is 12.1. The number of ether oxygens (including phenoxy) is 3. The van der Waals surface area contributed by atoms with Gasteiger partial charge in [0.15, 0.2) is 0 Å². The van der Waals surface area contributed by atoms with Gasteiger partial charge in [0.05, 0.1) is 47.6 Å². The Labute approximate surface area is 229 Å². The van der Waals surface area contributed by atoms with Crippen molar-refractivity contribution in [2.45, 2.75) is 120 Å². The van der Waals surface area contributed by atoms with Crippen LogP contribution < -0.4 is 0 Å². The first-order valence-corrected chi connectivity index (χ1v) is 14.9. The monoisotopic (exact) mass is 548 g/mol. The third-order valence-corrected chi connectivity index (χ3v) is 12.1. The number of rotatable bonds is 4. The van der Waals surface area contributed by atoms with E-state index in [2.05, 4.69) is 6.92 Å². The number of esters is 1. The summed E-state index contributed by atoms with van der Waals surface area (Å²) in [7, 11) is 0. The van der Waals surface area contributed by atoms with Gasteiger partial charge in [0.1, 0.15) is 19.0 Å². The highest BCUT2D eigenvalue weighted by molar-refractivity contribution is 5.85. The summed E-state index contributed by atoms with van der Waals surface area (Å²) in [5, 5.41) is 45.0. The molecule has 6 aliphatic rings. The van der Waals surface area contributed by atoms with Crippen LogP contribution in [-0.2, 0) is 23.8 Å². The van der Waals surface area contributed by atoms with Crippen molar-refractivity contribution in [2.75, 3.05) is 13.2 Å². The standard InChI is InChI=1S/C30H44O9/c1-17-26(34)24(32)12-20(15-37-17)39-19-3-8-28(16-31)22-4-7-27(2)21(18-11-25(33)38-14-18)6-10-30(27,36)23(22)5-9-29(28,35)13-19/h11,16-17,19-24,26,32,34-36H,3-10,12-15H2,1-2H3/t17-,19-,20-,21+,22-,23-,24+,26+,27+,28-,29-,30-/m0/s1. The lowest BCUT2D eigenvalue weighted by atomic mass is 9.41. The van der Waals surface area contributed by atoms with Crippen molar-refractivity contribution in [1.82, 2.24) is 0 Å². The summed E-state index contributed by atoms with van der Waals surface area (Å²) in [6.07, 6.45) is 5.08. The molecule has 4 aliphatic carbocycles. The number of aliphatic hydroxyl groups is 4. The fourth-order valence-electron chi connectivity index (χ4n) is 9.95. The Bertz CT molecular complexity index is 1030. The number of hydrogen-bond acceptors (Lipinski definition) is 9. The van der Waals surface area contributed by atoms with Crippen LogP contribution in [0.3, 0.4) is 0 Å². The van der Waals surface area contributed by atoms with E-state index in [4.69, 9.17) is 14.2 Å². The number of fused-ring (bicyclic) bond motifs is 5. The van der Waals surface area contributed by atoms with Gasteiger partial charge in [-0.2, -0.15) is 0 Å². The van der Waals surface area contributed by atoms with Gasteiger partial charge in [0.25, 0.3) is 0 Å². The van der Waals surface area contributed by atoms with Gasteiger partial charge in [-0.05, 0) is 81.6 Å². The second-order valence-electron chi connectivity index (χ2n) is 13.7. The van der Waals surface area contributed by atoms with Gasteiger partial charge >= 0.3 is 5.97 Å². The van der Waals surface area contributed by atoms with Crippen molar-refractivity contribution in [3.8, 4) is 0 Å². The Morgan fingerprint density at radius 2 is 1.79 bits per heavy atom. The summed E-state index contributed by atoms with van der Waals surface area (Å²) < 4.78 is 17.2. The summed E-state index contributed by atoms with van der Waals surface area (Å²) in [6, 6.07) is 0. The van der Waals surface area contributed by atoms with Crippen LogP contribution in [0.15, 0.2) is 11.6 Å². The van der Waals surface area contributed by atoms with Crippen molar-refractivity contribution in [1.29, 1.82) is 0 Å². The summed E-state index contributed by atoms with van der Waals surface area (Å²) in [6.45, 7) is 4.42. The summed E-state index contributed by atoms with van der Waals surface area (Å²) in [4.78, 5) is 24.8. The molecular weight excluding hydrogens is 504 g/mol. The van der Waals surface area contributed by atoms with Crippen LogP contribution in [0.25, 0.3) is 0 Å². The first-order valence-electron chi connectivity index (χ1n) is 14.9. The second-order valence-corrected chi connectivity index (χ2v) is 13.7. The molecule has 0 aromatic heterocycles. The highest BCUT2D eigenvalue weighted by atomic mass is 16.6. The van der Waals surface area contributed by atoms with Crippen LogP contribution in [0, 0.1) is 28.6 Å². The first kappa shape index (κ1) is 27.8. The van der Waals surface area contributed by atoms with E-state index >= 15 is 0 Å². The normalized spacial score (nSPS) is 53.6. The molecule has 0 aromatic rings. The molecule has 218 valence electrons. The highest BCUT2D eigenvalue weighted by Crippen LogP contribution is 2.70. The van der Waals surface area contributed by atoms with Crippen LogP contribution in [0.2, 0.25) is 0 Å². The molecule has 0 amide bonds. The van der Waals surface area contributed by atoms with E-state index in [1.807, 2.05) is 0 Å². The predicted molar refractivity (Wildman–Crippen MR) is 138 cm³/mol. The topological polar surface area (TPSA) is 143 Å². The highest BCUT2D eigenvalue weighted by Gasteiger charge is 2.71. The number of cyclic esters (lactones) is 1. The summed E-state index contributed by atoms with van der Waals surface area (Å²) >= 11 is 0. The lowest BCUT2D eigenvalue weighted by Gasteiger charge is -2.65. The van der Waals surface area contributed by atoms with Crippen molar-refractivity contribution in [3.63, 3.8) is 0 Å². The van der Waals surface area contributed by atoms with Crippen molar-refractivity contribution >= 4 is 12.3 Å². The minimum Gasteiger partial charge on any atom is -0.458 e. The van der Waals surface area contributed by atoms with Gasteiger partial charge in [-0.25, -0.2) is 4.79 Å². The number of carbonyl (C=O) groups excluding carboxylic acids is 2. The maximum Gasteiger partial charge on any atom is 0.331 e. The molecule has 0 radical (unpaired) electrons. The molecule has 0 aromatic carbocycles. The van der Waals surface area contributed by atoms with Crippen LogP contribution in [0.5, 0.6) is 0 Å². The maximum atomic E-state index is 13.0. The van der Waals surface area contributed by atoms with Gasteiger partial charge in [-0.15, -0.1) is 0 Å². The van der Waals surface area contributed by atoms with Gasteiger partial charge in [0.2, 0.25) is 0 Å². The molecule has 39 heavy (non-hydrogen) atoms. The van der Waals surface area contributed by atoms with E-state index in [1.54, 1.807) is 13.0 Å². The average Bonchev–Trinajstić information content (AvgIpc) is 3.42. The van der Waals surface area contributed by atoms with E-state index in [1.165, 1.54) is 0 Å². The predicted octanol–water partition coefficient (Wildman–Crippen LogP) is 1.82. The summed E-state index contributed by atoms with van der Waals surface area (Å²) in [5.41, 5.74) is -2.58. The lowest BCUT2D eigenvalue weighted by molar-refractivity contribution is -0.253. The Hall–Kier alpha value is -1.36. The quantitative estimate of drug-likeness (QED) is 0.306. The first-order chi connectivity index (χ1) is 18.5. The zero-order chi connectivity index (χ0) is 27.8. The van der Waals surface area contributed by atoms with E-state index in [9.17, 15) is 30.0 Å². The van der Waals surface area contributed by atoms with E-state index in [0.717, 1.165) is 31.1 Å². The molecule has 0 unspecified atom stereocenters. The largest absolute Gasteiger partial charge is 0.458 e. The molecule has 1 saturated heterocycles. The van der Waals surface area contributed by atoms with E-state index in [0.29, 0.717) is 45.1 Å². The van der Waals surface area contributed by atoms with Crippen LogP contribution >= 0.6 is 0 Å². The third kappa shape index (κ3) is 4.02. The van der Waals surface area contributed by atoms with Crippen molar-refractivity contribution in [3.05, 3.63) is 11.6 Å². The molecule has 0 bridgehead atoms. The SMILES string of the molecule is C[C@@H]1OC[C@@H](O[C@H]2CC[C@]3(C=O)[C@H]4CC[C@]5(C)[C@@H](C6=CC(=O)OC6)CC[C@]5(O)[C@H]4CC[C@]3(O)C2)C[C@@H](O)[C@@H]1O. The number of hydrogen-bond donors (Lipinski definition) is 4. The molecule has 5 fully saturated rings. The van der Waals surface area contributed by atoms with Crippen molar-refractivity contribution < 1.29 is 44.2 Å². The minimum atomic E-state index is -1.23. The van der Waals surface area contributed by atoms with Gasteiger partial charge in [-0.3, -0.25) is 0 Å². The molecule has 12 atom stereocenters. The maximum absolute atomic E-state index is 13.0. The molecule has 4 N–H and O–H groups in total. The van der Waals surface area contributed by atoms with Gasteiger partial charge in [0, 0.05) is 24.3 Å². The Kier molecular flexibility index (Phi) is 6.84. The van der Waals surface area contributed by atoms with Crippen LogP contribution in [-0.4, -0.2) is 87.6 Å². The molecular formula is C30H44O9. The lowest BCUT2D eigenvalue weighted by Crippen LogP contribution is -2.69. The van der Waals surface area contributed by atoms with E-state index < -0.39 is 46.4 Å². The number of aliphatic hydroxyl groups excluding tert-OH is 2. The molecule has 0 spiro atoms. The van der Waals surface area contributed by atoms with Gasteiger partial charge < -0.3 is 39.4 Å². The molecule has 4 saturated carbocycles. The average molecular weight is 549 g/mol. The van der Waals surface area contributed by atoms with Crippen LogP contribution in [0.4, 0.5) is 0 Å². The molecule has 9 heteroatoms. The zero-order valence-corrected chi connectivity index (χ0v) is 23.1. The van der Waals surface area contributed by atoms with Crippen LogP contribution in [0.1, 0.15) is 78.1 Å². The summed E-state index contributed by atoms with van der Waals surface area (Å²) in [5.74, 6) is -0.461. The van der Waals surface area contributed by atoms with E-state index in [-0.39, 0.29) is 42.9 Å². The van der Waals surface area contributed by atoms with Gasteiger partial charge in [-0.1, -0.05) is 6.92 Å². The Morgan fingerprint density at radius 1 is 1.03 bits per heavy atom. The molecule has 2 aliphatic heterocycles. The fraction of sp³-hybridized carbons (Fsp3) is 0.867. The number of carbonyl (C=O) groups is 2. The number of aldehydes is 1. The zero-order valence-electron chi connectivity index (χ0n) is 23.1. The molecule has 9 nitrogen and oxygen atoms in total. The smallest absolute Gasteiger partial charge is 0.331 e. The Balaban J connectivity index is 1.21. The molecule has 6 rings (SSSR count). The minimum absolute atomic E-state index is 0.0745. The van der Waals surface area contributed by atoms with Crippen molar-refractivity contribution in [2.24, 2.45) is 28.6 Å². The fourth-order valence-corrected chi connectivity index (χ4v) is 9.95. The Morgan fingerprint density at radius 3 is 2.51 bits per heavy atom. The molecule has 2 heterocycles.